The molecule has 2 saturated heterocycles. The zero-order valence-corrected chi connectivity index (χ0v) is 13.0. The minimum Gasteiger partial charge on any atom is -0.481 e. The van der Waals surface area contributed by atoms with E-state index in [1.54, 1.807) is 0 Å². The SMILES string of the molecule is O=C(O)C1CNC(c2ccc3[nH]c4c(c3c2)C2CCN4CC2)C1. The van der Waals surface area contributed by atoms with Crippen molar-refractivity contribution in [2.75, 3.05) is 24.5 Å². The molecule has 23 heavy (non-hydrogen) atoms. The van der Waals surface area contributed by atoms with Gasteiger partial charge in [0.2, 0.25) is 0 Å². The Hall–Kier alpha value is -2.01. The van der Waals surface area contributed by atoms with Crippen LogP contribution in [0.4, 0.5) is 5.82 Å². The van der Waals surface area contributed by atoms with Crippen LogP contribution in [0.1, 0.15) is 42.3 Å². The van der Waals surface area contributed by atoms with Crippen LogP contribution in [0, 0.1) is 5.92 Å². The van der Waals surface area contributed by atoms with E-state index in [0.717, 1.165) is 0 Å². The zero-order chi connectivity index (χ0) is 15.6. The summed E-state index contributed by atoms with van der Waals surface area (Å²) in [6.07, 6.45) is 3.20. The molecule has 1 aromatic heterocycles. The van der Waals surface area contributed by atoms with Crippen molar-refractivity contribution in [1.29, 1.82) is 0 Å². The number of carboxylic acid groups (broad SMARTS) is 1. The number of H-pyrrole nitrogens is 1. The van der Waals surface area contributed by atoms with Crippen LogP contribution in [-0.2, 0) is 4.79 Å². The normalized spacial score (nSPS) is 26.9. The molecule has 5 heteroatoms. The van der Waals surface area contributed by atoms with Crippen LogP contribution >= 0.6 is 0 Å². The number of nitrogens with zero attached hydrogens (tertiary/aromatic N) is 1. The number of rotatable bonds is 2. The maximum absolute atomic E-state index is 11.2. The van der Waals surface area contributed by atoms with Gasteiger partial charge in [0.25, 0.3) is 0 Å². The number of nitrogens with one attached hydrogen (secondary N) is 2. The van der Waals surface area contributed by atoms with Crippen LogP contribution in [0.25, 0.3) is 10.9 Å². The Bertz CT molecular complexity index is 789. The zero-order valence-electron chi connectivity index (χ0n) is 13.0. The fourth-order valence-electron chi connectivity index (χ4n) is 4.67. The molecule has 5 nitrogen and oxygen atoms in total. The predicted molar refractivity (Wildman–Crippen MR) is 89.0 cm³/mol. The molecule has 2 unspecified atom stereocenters. The fourth-order valence-corrected chi connectivity index (χ4v) is 4.67. The summed E-state index contributed by atoms with van der Waals surface area (Å²) in [5.41, 5.74) is 3.93. The Balaban J connectivity index is 1.55. The van der Waals surface area contributed by atoms with Gasteiger partial charge in [-0.15, -0.1) is 0 Å². The summed E-state index contributed by atoms with van der Waals surface area (Å²) in [7, 11) is 0. The van der Waals surface area contributed by atoms with Crippen molar-refractivity contribution in [3.63, 3.8) is 0 Å². The van der Waals surface area contributed by atoms with E-state index in [4.69, 9.17) is 0 Å². The van der Waals surface area contributed by atoms with Crippen LogP contribution < -0.4 is 10.2 Å². The van der Waals surface area contributed by atoms with Gasteiger partial charge in [0.05, 0.1) is 5.92 Å². The number of carboxylic acids is 1. The van der Waals surface area contributed by atoms with Crippen molar-refractivity contribution in [2.24, 2.45) is 5.92 Å². The van der Waals surface area contributed by atoms with E-state index < -0.39 is 5.97 Å². The van der Waals surface area contributed by atoms with E-state index in [1.807, 2.05) is 0 Å². The highest BCUT2D eigenvalue weighted by atomic mass is 16.4. The third-order valence-corrected chi connectivity index (χ3v) is 5.94. The van der Waals surface area contributed by atoms with E-state index >= 15 is 0 Å². The number of piperidine rings is 1. The van der Waals surface area contributed by atoms with Gasteiger partial charge in [-0.05, 0) is 42.9 Å². The Morgan fingerprint density at radius 1 is 1.26 bits per heavy atom. The first-order valence-electron chi connectivity index (χ1n) is 8.57. The first-order chi connectivity index (χ1) is 11.2. The minimum atomic E-state index is -0.690. The lowest BCUT2D eigenvalue weighted by Crippen LogP contribution is -2.38. The minimum absolute atomic E-state index is 0.159. The van der Waals surface area contributed by atoms with Gasteiger partial charge < -0.3 is 20.3 Å². The number of aliphatic carboxylic acids is 1. The van der Waals surface area contributed by atoms with Crippen molar-refractivity contribution >= 4 is 22.7 Å². The molecule has 2 bridgehead atoms. The number of benzene rings is 1. The van der Waals surface area contributed by atoms with Crippen LogP contribution in [0.3, 0.4) is 0 Å². The number of hydrogen-bond donors (Lipinski definition) is 3. The summed E-state index contributed by atoms with van der Waals surface area (Å²) in [6, 6.07) is 6.75. The lowest BCUT2D eigenvalue weighted by molar-refractivity contribution is -0.141. The van der Waals surface area contributed by atoms with Crippen molar-refractivity contribution in [2.45, 2.75) is 31.2 Å². The standard InChI is InChI=1S/C18H21N3O2/c22-18(23)12-8-15(19-9-12)11-1-2-14-13(7-11)16-10-3-5-21(6-4-10)17(16)20-14/h1-2,7,10,12,15,19-20H,3-6,8-9H2,(H,22,23). The molecule has 0 amide bonds. The van der Waals surface area contributed by atoms with Crippen molar-refractivity contribution in [1.82, 2.24) is 10.3 Å². The first-order valence-corrected chi connectivity index (χ1v) is 8.57. The molecule has 6 rings (SSSR count). The lowest BCUT2D eigenvalue weighted by atomic mass is 9.84. The second kappa shape index (κ2) is 4.74. The van der Waals surface area contributed by atoms with Crippen molar-refractivity contribution in [3.05, 3.63) is 29.3 Å². The van der Waals surface area contributed by atoms with Gasteiger partial charge >= 0.3 is 5.97 Å². The van der Waals surface area contributed by atoms with Crippen LogP contribution in [0.5, 0.6) is 0 Å². The summed E-state index contributed by atoms with van der Waals surface area (Å²) < 4.78 is 0. The largest absolute Gasteiger partial charge is 0.481 e. The molecule has 0 aliphatic carbocycles. The molecule has 4 aliphatic heterocycles. The number of aromatic nitrogens is 1. The molecule has 0 saturated carbocycles. The lowest BCUT2D eigenvalue weighted by Gasteiger charge is -2.40. The van der Waals surface area contributed by atoms with Gasteiger partial charge in [-0.3, -0.25) is 4.79 Å². The molecular weight excluding hydrogens is 290 g/mol. The maximum Gasteiger partial charge on any atom is 0.307 e. The van der Waals surface area contributed by atoms with Gasteiger partial charge in [-0.2, -0.15) is 0 Å². The van der Waals surface area contributed by atoms with Crippen LogP contribution in [-0.4, -0.2) is 35.7 Å². The summed E-state index contributed by atoms with van der Waals surface area (Å²) in [6.45, 7) is 2.91. The Morgan fingerprint density at radius 3 is 2.83 bits per heavy atom. The fraction of sp³-hybridized carbons (Fsp3) is 0.500. The van der Waals surface area contributed by atoms with E-state index in [1.165, 1.54) is 53.8 Å². The molecule has 2 aromatic rings. The average molecular weight is 311 g/mol. The number of hydrogen-bond acceptors (Lipinski definition) is 3. The molecule has 120 valence electrons. The number of anilines is 1. The molecule has 5 heterocycles. The second-order valence-corrected chi connectivity index (χ2v) is 7.19. The Morgan fingerprint density at radius 2 is 2.09 bits per heavy atom. The topological polar surface area (TPSA) is 68.4 Å². The number of carbonyl (C=O) groups is 1. The summed E-state index contributed by atoms with van der Waals surface area (Å²) >= 11 is 0. The Kier molecular flexibility index (Phi) is 2.77. The van der Waals surface area contributed by atoms with Gasteiger partial charge in [0.15, 0.2) is 0 Å². The van der Waals surface area contributed by atoms with Gasteiger partial charge in [-0.1, -0.05) is 6.07 Å². The molecule has 4 aliphatic rings. The van der Waals surface area contributed by atoms with Gasteiger partial charge in [-0.25, -0.2) is 0 Å². The number of aromatic amines is 1. The molecular formula is C18H21N3O2. The third kappa shape index (κ3) is 1.92. The van der Waals surface area contributed by atoms with E-state index in [-0.39, 0.29) is 12.0 Å². The first kappa shape index (κ1) is 13.4. The molecule has 0 spiro atoms. The number of fused-ring (bicyclic) bond motifs is 3. The monoisotopic (exact) mass is 311 g/mol. The third-order valence-electron chi connectivity index (χ3n) is 5.94. The highest BCUT2D eigenvalue weighted by Gasteiger charge is 2.35. The van der Waals surface area contributed by atoms with Crippen molar-refractivity contribution < 1.29 is 9.90 Å². The predicted octanol–water partition coefficient (Wildman–Crippen LogP) is 2.60. The Labute approximate surface area is 134 Å². The highest BCUT2D eigenvalue weighted by molar-refractivity contribution is 5.91. The summed E-state index contributed by atoms with van der Waals surface area (Å²) in [5.74, 6) is 1.05. The van der Waals surface area contributed by atoms with Crippen molar-refractivity contribution in [3.8, 4) is 0 Å². The van der Waals surface area contributed by atoms with Gasteiger partial charge in [0, 0.05) is 42.1 Å². The van der Waals surface area contributed by atoms with Gasteiger partial charge in [0.1, 0.15) is 5.82 Å². The van der Waals surface area contributed by atoms with Crippen LogP contribution in [0.15, 0.2) is 18.2 Å². The maximum atomic E-state index is 11.2. The molecule has 1 aromatic carbocycles. The highest BCUT2D eigenvalue weighted by Crippen LogP contribution is 2.46. The summed E-state index contributed by atoms with van der Waals surface area (Å²) in [4.78, 5) is 17.3. The second-order valence-electron chi connectivity index (χ2n) is 7.19. The quantitative estimate of drug-likeness (QED) is 0.797. The molecule has 3 N–H and O–H groups in total. The molecule has 0 radical (unpaired) electrons. The molecule has 2 atom stereocenters. The average Bonchev–Trinajstić information content (AvgIpc) is 3.21. The van der Waals surface area contributed by atoms with E-state index in [9.17, 15) is 9.90 Å². The van der Waals surface area contributed by atoms with E-state index in [2.05, 4.69) is 33.4 Å². The van der Waals surface area contributed by atoms with E-state index in [0.29, 0.717) is 18.9 Å². The molecule has 2 fully saturated rings. The smallest absolute Gasteiger partial charge is 0.307 e. The van der Waals surface area contributed by atoms with Crippen LogP contribution in [0.2, 0.25) is 0 Å². The summed E-state index contributed by atoms with van der Waals surface area (Å²) in [5, 5.41) is 13.9.